The van der Waals surface area contributed by atoms with Crippen LogP contribution >= 0.6 is 0 Å². The van der Waals surface area contributed by atoms with Crippen LogP contribution in [-0.2, 0) is 0 Å². The fraction of sp³-hybridized carbons (Fsp3) is 0.600. The lowest BCUT2D eigenvalue weighted by molar-refractivity contribution is 0.311. The third-order valence-electron chi connectivity index (χ3n) is 3.67. The van der Waals surface area contributed by atoms with Gasteiger partial charge in [0.2, 0.25) is 0 Å². The minimum atomic E-state index is -0.501. The van der Waals surface area contributed by atoms with Crippen LogP contribution in [0.4, 0.5) is 8.78 Å². The Morgan fingerprint density at radius 3 is 2.37 bits per heavy atom. The Balaban J connectivity index is 2.00. The van der Waals surface area contributed by atoms with Gasteiger partial charge in [0.15, 0.2) is 0 Å². The number of halogens is 2. The Kier molecular flexibility index (Phi) is 5.28. The van der Waals surface area contributed by atoms with Crippen molar-refractivity contribution < 1.29 is 8.78 Å². The lowest BCUT2D eigenvalue weighted by Gasteiger charge is -2.22. The van der Waals surface area contributed by atoms with Gasteiger partial charge in [-0.1, -0.05) is 6.92 Å². The highest BCUT2D eigenvalue weighted by atomic mass is 19.1. The van der Waals surface area contributed by atoms with Crippen LogP contribution < -0.4 is 5.32 Å². The lowest BCUT2D eigenvalue weighted by Crippen LogP contribution is -2.28. The summed E-state index contributed by atoms with van der Waals surface area (Å²) in [6, 6.07) is 3.81. The molecule has 2 nitrogen and oxygen atoms in total. The number of nitrogens with one attached hydrogen (secondary N) is 1. The van der Waals surface area contributed by atoms with Crippen LogP contribution in [0.15, 0.2) is 18.2 Å². The molecule has 1 unspecified atom stereocenters. The number of rotatable bonds is 6. The zero-order chi connectivity index (χ0) is 13.7. The fourth-order valence-electron chi connectivity index (χ4n) is 2.73. The summed E-state index contributed by atoms with van der Waals surface area (Å²) < 4.78 is 26.6. The number of benzene rings is 1. The zero-order valence-corrected chi connectivity index (χ0v) is 11.5. The molecule has 1 atom stereocenters. The van der Waals surface area contributed by atoms with Crippen LogP contribution in [0.2, 0.25) is 0 Å². The van der Waals surface area contributed by atoms with Crippen LogP contribution in [0.25, 0.3) is 0 Å². The maximum Gasteiger partial charge on any atom is 0.126 e. The SMILES string of the molecule is CCNC(CCN1CCCC1)c1cc(F)cc(F)c1. The second-order valence-corrected chi connectivity index (χ2v) is 5.15. The van der Waals surface area contributed by atoms with E-state index in [9.17, 15) is 8.78 Å². The van der Waals surface area contributed by atoms with Crippen molar-refractivity contribution in [2.24, 2.45) is 0 Å². The van der Waals surface area contributed by atoms with Crippen molar-refractivity contribution in [2.45, 2.75) is 32.2 Å². The van der Waals surface area contributed by atoms with Gasteiger partial charge in [-0.05, 0) is 63.1 Å². The van der Waals surface area contributed by atoms with Crippen molar-refractivity contribution in [1.29, 1.82) is 0 Å². The maximum absolute atomic E-state index is 13.3. The second kappa shape index (κ2) is 6.96. The molecule has 1 saturated heterocycles. The quantitative estimate of drug-likeness (QED) is 0.853. The molecule has 1 aromatic rings. The van der Waals surface area contributed by atoms with Crippen LogP contribution in [0.5, 0.6) is 0 Å². The van der Waals surface area contributed by atoms with Gasteiger partial charge in [0.1, 0.15) is 11.6 Å². The van der Waals surface area contributed by atoms with Gasteiger partial charge in [-0.3, -0.25) is 0 Å². The Labute approximate surface area is 113 Å². The first-order chi connectivity index (χ1) is 9.19. The van der Waals surface area contributed by atoms with E-state index in [0.717, 1.165) is 38.7 Å². The molecule has 1 fully saturated rings. The standard InChI is InChI=1S/C15H22F2N2/c1-2-18-15(5-8-19-6-3-4-7-19)12-9-13(16)11-14(17)10-12/h9-11,15,18H,2-8H2,1H3. The Morgan fingerprint density at radius 1 is 1.16 bits per heavy atom. The number of hydrogen-bond donors (Lipinski definition) is 1. The van der Waals surface area contributed by atoms with Crippen molar-refractivity contribution >= 4 is 0 Å². The topological polar surface area (TPSA) is 15.3 Å². The van der Waals surface area contributed by atoms with Crippen LogP contribution in [-0.4, -0.2) is 31.1 Å². The molecule has 0 bridgehead atoms. The average molecular weight is 268 g/mol. The monoisotopic (exact) mass is 268 g/mol. The molecule has 0 spiro atoms. The van der Waals surface area contributed by atoms with E-state index in [4.69, 9.17) is 0 Å². The Bertz CT molecular complexity index is 383. The smallest absolute Gasteiger partial charge is 0.126 e. The van der Waals surface area contributed by atoms with Gasteiger partial charge in [-0.15, -0.1) is 0 Å². The highest BCUT2D eigenvalue weighted by Crippen LogP contribution is 2.21. The first-order valence-electron chi connectivity index (χ1n) is 7.10. The predicted molar refractivity (Wildman–Crippen MR) is 73.1 cm³/mol. The molecule has 2 rings (SSSR count). The minimum Gasteiger partial charge on any atom is -0.310 e. The maximum atomic E-state index is 13.3. The Hall–Kier alpha value is -1.00. The van der Waals surface area contributed by atoms with Crippen molar-refractivity contribution in [1.82, 2.24) is 10.2 Å². The third-order valence-corrected chi connectivity index (χ3v) is 3.67. The number of hydrogen-bond acceptors (Lipinski definition) is 2. The Morgan fingerprint density at radius 2 is 1.79 bits per heavy atom. The van der Waals surface area contributed by atoms with Gasteiger partial charge in [0.25, 0.3) is 0 Å². The normalized spacial score (nSPS) is 17.8. The molecule has 0 saturated carbocycles. The number of nitrogens with zero attached hydrogens (tertiary/aromatic N) is 1. The predicted octanol–water partition coefficient (Wildman–Crippen LogP) is 3.10. The van der Waals surface area contributed by atoms with Crippen molar-refractivity contribution in [3.63, 3.8) is 0 Å². The molecule has 1 aliphatic heterocycles. The van der Waals surface area contributed by atoms with Crippen LogP contribution in [0.3, 0.4) is 0 Å². The average Bonchev–Trinajstić information content (AvgIpc) is 2.86. The molecular formula is C15H22F2N2. The summed E-state index contributed by atoms with van der Waals surface area (Å²) in [7, 11) is 0. The largest absolute Gasteiger partial charge is 0.310 e. The number of likely N-dealkylation sites (tertiary alicyclic amines) is 1. The zero-order valence-electron chi connectivity index (χ0n) is 11.5. The summed E-state index contributed by atoms with van der Waals surface area (Å²) in [6.45, 7) is 6.09. The lowest BCUT2D eigenvalue weighted by atomic mass is 10.0. The third kappa shape index (κ3) is 4.25. The summed E-state index contributed by atoms with van der Waals surface area (Å²) >= 11 is 0. The summed E-state index contributed by atoms with van der Waals surface area (Å²) in [5.74, 6) is -1.00. The molecule has 1 N–H and O–H groups in total. The van der Waals surface area contributed by atoms with E-state index in [1.807, 2.05) is 6.92 Å². The first-order valence-corrected chi connectivity index (χ1v) is 7.10. The molecule has 1 aromatic carbocycles. The summed E-state index contributed by atoms with van der Waals surface area (Å²) in [4.78, 5) is 2.42. The van der Waals surface area contributed by atoms with Gasteiger partial charge in [-0.2, -0.15) is 0 Å². The van der Waals surface area contributed by atoms with Gasteiger partial charge < -0.3 is 10.2 Å². The molecule has 0 aromatic heterocycles. The van der Waals surface area contributed by atoms with E-state index in [-0.39, 0.29) is 6.04 Å². The van der Waals surface area contributed by atoms with Crippen molar-refractivity contribution in [2.75, 3.05) is 26.2 Å². The van der Waals surface area contributed by atoms with E-state index in [0.29, 0.717) is 5.56 Å². The summed E-state index contributed by atoms with van der Waals surface area (Å²) in [5.41, 5.74) is 0.707. The second-order valence-electron chi connectivity index (χ2n) is 5.15. The van der Waals surface area contributed by atoms with Crippen LogP contribution in [0.1, 0.15) is 37.8 Å². The van der Waals surface area contributed by atoms with Gasteiger partial charge in [-0.25, -0.2) is 8.78 Å². The minimum absolute atomic E-state index is 0.0239. The van der Waals surface area contributed by atoms with E-state index in [1.54, 1.807) is 0 Å². The van der Waals surface area contributed by atoms with E-state index < -0.39 is 11.6 Å². The highest BCUT2D eigenvalue weighted by molar-refractivity contribution is 5.21. The van der Waals surface area contributed by atoms with Crippen LogP contribution in [0, 0.1) is 11.6 Å². The molecule has 0 amide bonds. The van der Waals surface area contributed by atoms with Gasteiger partial charge in [0.05, 0.1) is 0 Å². The fourth-order valence-corrected chi connectivity index (χ4v) is 2.73. The molecule has 4 heteroatoms. The molecule has 0 radical (unpaired) electrons. The van der Waals surface area contributed by atoms with E-state index >= 15 is 0 Å². The van der Waals surface area contributed by atoms with E-state index in [1.165, 1.54) is 25.0 Å². The molecule has 19 heavy (non-hydrogen) atoms. The van der Waals surface area contributed by atoms with Crippen molar-refractivity contribution in [3.8, 4) is 0 Å². The van der Waals surface area contributed by atoms with Crippen molar-refractivity contribution in [3.05, 3.63) is 35.4 Å². The van der Waals surface area contributed by atoms with Gasteiger partial charge in [0, 0.05) is 12.1 Å². The molecule has 0 aliphatic carbocycles. The molecule has 1 aliphatic rings. The summed E-state index contributed by atoms with van der Waals surface area (Å²) in [5, 5.41) is 3.32. The van der Waals surface area contributed by atoms with E-state index in [2.05, 4.69) is 10.2 Å². The first kappa shape index (κ1) is 14.4. The molecule has 106 valence electrons. The van der Waals surface area contributed by atoms with Gasteiger partial charge >= 0.3 is 0 Å². The molecular weight excluding hydrogens is 246 g/mol. The molecule has 1 heterocycles. The highest BCUT2D eigenvalue weighted by Gasteiger charge is 2.16. The summed E-state index contributed by atoms with van der Waals surface area (Å²) in [6.07, 6.45) is 3.41.